The van der Waals surface area contributed by atoms with Gasteiger partial charge in [0, 0.05) is 44.3 Å². The molecular formula is C55H34N6. The zero-order valence-electron chi connectivity index (χ0n) is 32.8. The maximum Gasteiger partial charge on any atom is 0.164 e. The van der Waals surface area contributed by atoms with E-state index in [0.29, 0.717) is 17.5 Å². The number of hydrogen-bond acceptors (Lipinski definition) is 5. The Kier molecular flexibility index (Phi) is 8.06. The Bertz CT molecular complexity index is 3530. The van der Waals surface area contributed by atoms with E-state index < -0.39 is 0 Å². The molecule has 12 rings (SSSR count). The van der Waals surface area contributed by atoms with Gasteiger partial charge in [0.15, 0.2) is 17.5 Å². The first kappa shape index (κ1) is 34.7. The molecule has 0 atom stereocenters. The van der Waals surface area contributed by atoms with Crippen molar-refractivity contribution in [2.24, 2.45) is 0 Å². The number of nitrogens with zero attached hydrogens (tertiary/aromatic N) is 6. The minimum absolute atomic E-state index is 0.597. The molecule has 0 unspecified atom stereocenters. The van der Waals surface area contributed by atoms with E-state index in [9.17, 15) is 0 Å². The number of imidazole rings is 1. The Balaban J connectivity index is 1.07. The highest BCUT2D eigenvalue weighted by Gasteiger charge is 2.22. The molecule has 61 heavy (non-hydrogen) atoms. The molecule has 0 aliphatic rings. The highest BCUT2D eigenvalue weighted by atomic mass is 15.1. The summed E-state index contributed by atoms with van der Waals surface area (Å²) in [6, 6.07) is 71.4. The smallest absolute Gasteiger partial charge is 0.164 e. The third-order valence-corrected chi connectivity index (χ3v) is 11.6. The van der Waals surface area contributed by atoms with Gasteiger partial charge in [-0.1, -0.05) is 182 Å². The van der Waals surface area contributed by atoms with Crippen LogP contribution in [0.5, 0.6) is 0 Å². The Morgan fingerprint density at radius 2 is 0.869 bits per heavy atom. The van der Waals surface area contributed by atoms with Gasteiger partial charge in [-0.15, -0.1) is 0 Å². The van der Waals surface area contributed by atoms with Gasteiger partial charge >= 0.3 is 0 Å². The normalized spacial score (nSPS) is 11.6. The molecule has 0 radical (unpaired) electrons. The molecule has 12 aromatic rings. The lowest BCUT2D eigenvalue weighted by atomic mass is 9.98. The lowest BCUT2D eigenvalue weighted by molar-refractivity contribution is 1.08. The number of para-hydroxylation sites is 2. The molecule has 0 fully saturated rings. The van der Waals surface area contributed by atoms with Gasteiger partial charge in [-0.2, -0.15) is 0 Å². The number of benzene rings is 9. The third kappa shape index (κ3) is 5.84. The summed E-state index contributed by atoms with van der Waals surface area (Å²) in [6.45, 7) is 0. The molecule has 0 amide bonds. The minimum Gasteiger partial charge on any atom is -0.292 e. The maximum absolute atomic E-state index is 5.46. The molecule has 3 aromatic heterocycles. The fourth-order valence-electron chi connectivity index (χ4n) is 8.78. The SMILES string of the molecule is c1ccc(-c2nc3c4c(-c5ccc(-c6nc(-c7cccc8ccccc78)nc(-c7cccc8ccccc78)n6)cc5)nc5ccccc5c4ccc3n2-c2ccccc2)cc1. The molecule has 0 saturated carbocycles. The van der Waals surface area contributed by atoms with E-state index in [0.717, 1.165) is 99.3 Å². The first-order valence-corrected chi connectivity index (χ1v) is 20.4. The van der Waals surface area contributed by atoms with E-state index in [2.05, 4.69) is 193 Å². The molecule has 0 spiro atoms. The van der Waals surface area contributed by atoms with Crippen LogP contribution in [0.25, 0.3) is 117 Å². The lowest BCUT2D eigenvalue weighted by Gasteiger charge is -2.13. The van der Waals surface area contributed by atoms with Crippen molar-refractivity contribution in [1.82, 2.24) is 29.5 Å². The van der Waals surface area contributed by atoms with Gasteiger partial charge in [-0.3, -0.25) is 4.57 Å². The molecule has 6 heteroatoms. The molecule has 0 aliphatic carbocycles. The summed E-state index contributed by atoms with van der Waals surface area (Å²) in [5, 5.41) is 7.64. The summed E-state index contributed by atoms with van der Waals surface area (Å²) in [6.07, 6.45) is 0. The van der Waals surface area contributed by atoms with E-state index in [1.54, 1.807) is 0 Å². The number of hydrogen-bond donors (Lipinski definition) is 0. The van der Waals surface area contributed by atoms with Gasteiger partial charge in [-0.25, -0.2) is 24.9 Å². The number of pyridine rings is 1. The van der Waals surface area contributed by atoms with Crippen molar-refractivity contribution < 1.29 is 0 Å². The van der Waals surface area contributed by atoms with Gasteiger partial charge in [0.2, 0.25) is 0 Å². The van der Waals surface area contributed by atoms with Crippen LogP contribution < -0.4 is 0 Å². The zero-order valence-corrected chi connectivity index (χ0v) is 32.8. The number of aromatic nitrogens is 6. The minimum atomic E-state index is 0.597. The second-order valence-corrected chi connectivity index (χ2v) is 15.2. The fraction of sp³-hybridized carbons (Fsp3) is 0. The molecular weight excluding hydrogens is 745 g/mol. The second kappa shape index (κ2) is 14.2. The summed E-state index contributed by atoms with van der Waals surface area (Å²) in [4.78, 5) is 26.4. The highest BCUT2D eigenvalue weighted by Crippen LogP contribution is 2.40. The standard InChI is InChI=1S/C55H34N6/c1-3-17-39(18-4-1)55-57-51-48(61(55)40-21-5-2-6-22-40)34-33-44-43-25-11-12-28-47(43)56-50(49(44)51)37-29-31-38(32-30-37)52-58-53(45-26-13-19-35-15-7-9-23-41(35)45)60-54(59-52)46-27-14-20-36-16-8-10-24-42(36)46/h1-34H. The van der Waals surface area contributed by atoms with E-state index in [1.165, 1.54) is 0 Å². The van der Waals surface area contributed by atoms with Crippen LogP contribution in [-0.2, 0) is 0 Å². The van der Waals surface area contributed by atoms with Gasteiger partial charge in [0.1, 0.15) is 5.82 Å². The van der Waals surface area contributed by atoms with Crippen LogP contribution in [0.4, 0.5) is 0 Å². The van der Waals surface area contributed by atoms with Crippen molar-refractivity contribution in [2.75, 3.05) is 0 Å². The van der Waals surface area contributed by atoms with E-state index in [-0.39, 0.29) is 0 Å². The molecule has 0 N–H and O–H groups in total. The van der Waals surface area contributed by atoms with Crippen molar-refractivity contribution in [2.45, 2.75) is 0 Å². The third-order valence-electron chi connectivity index (χ3n) is 11.6. The van der Waals surface area contributed by atoms with Crippen molar-refractivity contribution in [3.8, 4) is 62.5 Å². The molecule has 0 bridgehead atoms. The first-order valence-electron chi connectivity index (χ1n) is 20.4. The predicted molar refractivity (Wildman–Crippen MR) is 249 cm³/mol. The largest absolute Gasteiger partial charge is 0.292 e. The molecule has 0 saturated heterocycles. The fourth-order valence-corrected chi connectivity index (χ4v) is 8.78. The van der Waals surface area contributed by atoms with Crippen molar-refractivity contribution >= 4 is 54.3 Å². The summed E-state index contributed by atoms with van der Waals surface area (Å²) in [5.74, 6) is 2.73. The van der Waals surface area contributed by atoms with Crippen molar-refractivity contribution in [3.05, 3.63) is 206 Å². The van der Waals surface area contributed by atoms with Crippen LogP contribution in [0.2, 0.25) is 0 Å². The summed E-state index contributed by atoms with van der Waals surface area (Å²) in [5.41, 5.74) is 9.56. The van der Waals surface area contributed by atoms with E-state index in [4.69, 9.17) is 24.9 Å². The average molecular weight is 779 g/mol. The summed E-state index contributed by atoms with van der Waals surface area (Å²) < 4.78 is 2.26. The highest BCUT2D eigenvalue weighted by molar-refractivity contribution is 6.20. The van der Waals surface area contributed by atoms with E-state index in [1.807, 2.05) is 18.2 Å². The second-order valence-electron chi connectivity index (χ2n) is 15.2. The number of fused-ring (bicyclic) bond motifs is 7. The quantitative estimate of drug-likeness (QED) is 0.157. The summed E-state index contributed by atoms with van der Waals surface area (Å²) >= 11 is 0. The van der Waals surface area contributed by atoms with Crippen molar-refractivity contribution in [1.29, 1.82) is 0 Å². The molecule has 0 aliphatic heterocycles. The average Bonchev–Trinajstić information content (AvgIpc) is 3.74. The lowest BCUT2D eigenvalue weighted by Crippen LogP contribution is -2.01. The van der Waals surface area contributed by atoms with Crippen molar-refractivity contribution in [3.63, 3.8) is 0 Å². The maximum atomic E-state index is 5.46. The van der Waals surface area contributed by atoms with E-state index >= 15 is 0 Å². The Morgan fingerprint density at radius 1 is 0.328 bits per heavy atom. The molecule has 9 aromatic carbocycles. The van der Waals surface area contributed by atoms with Crippen LogP contribution in [0.15, 0.2) is 206 Å². The topological polar surface area (TPSA) is 69.4 Å². The Labute approximate surface area is 351 Å². The van der Waals surface area contributed by atoms with Gasteiger partial charge in [-0.05, 0) is 51.2 Å². The van der Waals surface area contributed by atoms with Gasteiger partial charge < -0.3 is 0 Å². The number of rotatable bonds is 6. The molecule has 284 valence electrons. The van der Waals surface area contributed by atoms with Gasteiger partial charge in [0.25, 0.3) is 0 Å². The Hall–Kier alpha value is -8.35. The van der Waals surface area contributed by atoms with Crippen LogP contribution in [-0.4, -0.2) is 29.5 Å². The van der Waals surface area contributed by atoms with Gasteiger partial charge in [0.05, 0.1) is 22.2 Å². The van der Waals surface area contributed by atoms with Crippen LogP contribution in [0.3, 0.4) is 0 Å². The van der Waals surface area contributed by atoms with Crippen LogP contribution in [0, 0.1) is 0 Å². The predicted octanol–water partition coefficient (Wildman–Crippen LogP) is 13.6. The Morgan fingerprint density at radius 3 is 1.54 bits per heavy atom. The first-order chi connectivity index (χ1) is 30.2. The molecule has 3 heterocycles. The van der Waals surface area contributed by atoms with Crippen LogP contribution in [0.1, 0.15) is 0 Å². The summed E-state index contributed by atoms with van der Waals surface area (Å²) in [7, 11) is 0. The zero-order chi connectivity index (χ0) is 40.3. The van der Waals surface area contributed by atoms with Crippen LogP contribution >= 0.6 is 0 Å². The molecule has 6 nitrogen and oxygen atoms in total. The monoisotopic (exact) mass is 778 g/mol.